The maximum atomic E-state index is 12.2. The Bertz CT molecular complexity index is 928. The zero-order valence-corrected chi connectivity index (χ0v) is 20.2. The predicted octanol–water partition coefficient (Wildman–Crippen LogP) is 4.45. The molecule has 0 spiro atoms. The lowest BCUT2D eigenvalue weighted by Gasteiger charge is -2.37. The topological polar surface area (TPSA) is 78.6 Å². The van der Waals surface area contributed by atoms with Gasteiger partial charge in [-0.2, -0.15) is 0 Å². The lowest BCUT2D eigenvalue weighted by molar-refractivity contribution is -0.383. The first-order valence-corrected chi connectivity index (χ1v) is 11.5. The lowest BCUT2D eigenvalue weighted by atomic mass is 10.1. The SMILES string of the molecule is Cc1cccc(N2CCN(c3ncnc(N(CC(C)C)CC(C)C)c3[N+](=O)[O-])CC2)c1C. The number of aromatic nitrogens is 2. The minimum absolute atomic E-state index is 0.0222. The van der Waals surface area contributed by atoms with Gasteiger partial charge in [0.1, 0.15) is 6.33 Å². The lowest BCUT2D eigenvalue weighted by Crippen LogP contribution is -2.47. The van der Waals surface area contributed by atoms with Crippen molar-refractivity contribution >= 4 is 23.0 Å². The molecule has 32 heavy (non-hydrogen) atoms. The van der Waals surface area contributed by atoms with Crippen LogP contribution in [0.2, 0.25) is 0 Å². The molecule has 0 N–H and O–H groups in total. The summed E-state index contributed by atoms with van der Waals surface area (Å²) in [5.74, 6) is 1.60. The maximum Gasteiger partial charge on any atom is 0.353 e. The van der Waals surface area contributed by atoms with Crippen LogP contribution in [0.25, 0.3) is 0 Å². The maximum absolute atomic E-state index is 12.2. The van der Waals surface area contributed by atoms with Crippen LogP contribution in [0.5, 0.6) is 0 Å². The molecule has 174 valence electrons. The molecule has 0 unspecified atom stereocenters. The first kappa shape index (κ1) is 23.8. The molecule has 8 heteroatoms. The fourth-order valence-corrected chi connectivity index (χ4v) is 4.35. The van der Waals surface area contributed by atoms with E-state index in [2.05, 4.69) is 74.6 Å². The largest absolute Gasteiger partial charge is 0.368 e. The van der Waals surface area contributed by atoms with E-state index in [-0.39, 0.29) is 10.6 Å². The van der Waals surface area contributed by atoms with Crippen LogP contribution in [-0.4, -0.2) is 54.2 Å². The quantitative estimate of drug-likeness (QED) is 0.443. The van der Waals surface area contributed by atoms with Crippen molar-refractivity contribution in [2.45, 2.75) is 41.5 Å². The van der Waals surface area contributed by atoms with Gasteiger partial charge in [-0.25, -0.2) is 9.97 Å². The molecular weight excluding hydrogens is 404 g/mol. The molecule has 2 aromatic rings. The highest BCUT2D eigenvalue weighted by molar-refractivity contribution is 5.72. The van der Waals surface area contributed by atoms with E-state index < -0.39 is 0 Å². The zero-order valence-electron chi connectivity index (χ0n) is 20.2. The van der Waals surface area contributed by atoms with Crippen LogP contribution >= 0.6 is 0 Å². The van der Waals surface area contributed by atoms with E-state index in [1.54, 1.807) is 0 Å². The van der Waals surface area contributed by atoms with Gasteiger partial charge in [0.25, 0.3) is 0 Å². The van der Waals surface area contributed by atoms with E-state index in [0.717, 1.165) is 26.2 Å². The Hall–Kier alpha value is -2.90. The van der Waals surface area contributed by atoms with Crippen LogP contribution in [0.3, 0.4) is 0 Å². The Kier molecular flexibility index (Phi) is 7.53. The third kappa shape index (κ3) is 5.29. The molecular formula is C24H36N6O2. The summed E-state index contributed by atoms with van der Waals surface area (Å²) in [7, 11) is 0. The van der Waals surface area contributed by atoms with Crippen LogP contribution in [0, 0.1) is 35.8 Å². The van der Waals surface area contributed by atoms with Gasteiger partial charge in [-0.05, 0) is 42.9 Å². The van der Waals surface area contributed by atoms with Crippen molar-refractivity contribution in [2.75, 3.05) is 54.0 Å². The summed E-state index contributed by atoms with van der Waals surface area (Å²) in [6, 6.07) is 6.36. The van der Waals surface area contributed by atoms with Gasteiger partial charge in [-0.15, -0.1) is 0 Å². The Morgan fingerprint density at radius 3 is 2.16 bits per heavy atom. The molecule has 1 aromatic heterocycles. The van der Waals surface area contributed by atoms with E-state index >= 15 is 0 Å². The second-order valence-electron chi connectivity index (χ2n) is 9.51. The van der Waals surface area contributed by atoms with Crippen molar-refractivity contribution in [3.8, 4) is 0 Å². The van der Waals surface area contributed by atoms with Crippen LogP contribution in [-0.2, 0) is 0 Å². The summed E-state index contributed by atoms with van der Waals surface area (Å²) >= 11 is 0. The molecule has 0 radical (unpaired) electrons. The summed E-state index contributed by atoms with van der Waals surface area (Å²) in [6.07, 6.45) is 1.47. The smallest absolute Gasteiger partial charge is 0.353 e. The van der Waals surface area contributed by atoms with Gasteiger partial charge in [-0.1, -0.05) is 39.8 Å². The summed E-state index contributed by atoms with van der Waals surface area (Å²) in [6.45, 7) is 17.1. The van der Waals surface area contributed by atoms with E-state index in [4.69, 9.17) is 0 Å². The molecule has 1 aliphatic heterocycles. The van der Waals surface area contributed by atoms with Crippen molar-refractivity contribution in [1.29, 1.82) is 0 Å². The fourth-order valence-electron chi connectivity index (χ4n) is 4.35. The van der Waals surface area contributed by atoms with Crippen LogP contribution in [0.15, 0.2) is 24.5 Å². The second kappa shape index (κ2) is 10.1. The molecule has 0 aliphatic carbocycles. The molecule has 1 saturated heterocycles. The van der Waals surface area contributed by atoms with Crippen LogP contribution < -0.4 is 14.7 Å². The Morgan fingerprint density at radius 2 is 1.59 bits per heavy atom. The molecule has 1 aromatic carbocycles. The number of anilines is 3. The summed E-state index contributed by atoms with van der Waals surface area (Å²) < 4.78 is 0. The third-order valence-electron chi connectivity index (χ3n) is 5.93. The minimum atomic E-state index is -0.310. The highest BCUT2D eigenvalue weighted by Gasteiger charge is 2.32. The van der Waals surface area contributed by atoms with Gasteiger partial charge in [0.15, 0.2) is 0 Å². The van der Waals surface area contributed by atoms with Gasteiger partial charge in [-0.3, -0.25) is 10.1 Å². The Labute approximate surface area is 191 Å². The highest BCUT2D eigenvalue weighted by Crippen LogP contribution is 2.36. The first-order chi connectivity index (χ1) is 15.2. The van der Waals surface area contributed by atoms with Gasteiger partial charge < -0.3 is 14.7 Å². The average molecular weight is 441 g/mol. The number of rotatable bonds is 8. The molecule has 0 bridgehead atoms. The average Bonchev–Trinajstić information content (AvgIpc) is 2.74. The van der Waals surface area contributed by atoms with Crippen molar-refractivity contribution in [3.05, 3.63) is 45.8 Å². The number of piperazine rings is 1. The number of hydrogen-bond acceptors (Lipinski definition) is 7. The van der Waals surface area contributed by atoms with Crippen LogP contribution in [0.1, 0.15) is 38.8 Å². The number of hydrogen-bond donors (Lipinski definition) is 0. The van der Waals surface area contributed by atoms with Crippen molar-refractivity contribution < 1.29 is 4.92 Å². The highest BCUT2D eigenvalue weighted by atomic mass is 16.6. The number of nitro groups is 1. The molecule has 0 atom stereocenters. The zero-order chi connectivity index (χ0) is 23.4. The molecule has 2 heterocycles. The summed E-state index contributed by atoms with van der Waals surface area (Å²) in [5, 5.41) is 12.2. The van der Waals surface area contributed by atoms with E-state index in [1.165, 1.54) is 23.1 Å². The Balaban J connectivity index is 1.88. The summed E-state index contributed by atoms with van der Waals surface area (Å²) in [5.41, 5.74) is 3.82. The monoisotopic (exact) mass is 440 g/mol. The van der Waals surface area contributed by atoms with E-state index in [9.17, 15) is 10.1 Å². The Morgan fingerprint density at radius 1 is 1.00 bits per heavy atom. The van der Waals surface area contributed by atoms with Crippen molar-refractivity contribution in [3.63, 3.8) is 0 Å². The van der Waals surface area contributed by atoms with Crippen molar-refractivity contribution in [2.24, 2.45) is 11.8 Å². The van der Waals surface area contributed by atoms with Gasteiger partial charge in [0, 0.05) is 45.0 Å². The van der Waals surface area contributed by atoms with E-state index in [0.29, 0.717) is 36.6 Å². The molecule has 0 amide bonds. The fraction of sp³-hybridized carbons (Fsp3) is 0.583. The first-order valence-electron chi connectivity index (χ1n) is 11.5. The van der Waals surface area contributed by atoms with Gasteiger partial charge in [0.05, 0.1) is 4.92 Å². The van der Waals surface area contributed by atoms with Gasteiger partial charge in [0.2, 0.25) is 11.6 Å². The molecule has 8 nitrogen and oxygen atoms in total. The molecule has 1 fully saturated rings. The molecule has 0 saturated carbocycles. The van der Waals surface area contributed by atoms with E-state index in [1.807, 2.05) is 9.80 Å². The van der Waals surface area contributed by atoms with Crippen molar-refractivity contribution in [1.82, 2.24) is 9.97 Å². The minimum Gasteiger partial charge on any atom is -0.368 e. The number of aryl methyl sites for hydroxylation is 1. The second-order valence-corrected chi connectivity index (χ2v) is 9.51. The number of nitrogens with zero attached hydrogens (tertiary/aromatic N) is 6. The third-order valence-corrected chi connectivity index (χ3v) is 5.93. The summed E-state index contributed by atoms with van der Waals surface area (Å²) in [4.78, 5) is 27.1. The van der Waals surface area contributed by atoms with Crippen LogP contribution in [0.4, 0.5) is 23.0 Å². The number of benzene rings is 1. The normalized spacial score (nSPS) is 14.4. The molecule has 3 rings (SSSR count). The predicted molar refractivity (Wildman–Crippen MR) is 131 cm³/mol. The molecule has 1 aliphatic rings. The van der Waals surface area contributed by atoms with Gasteiger partial charge >= 0.3 is 5.69 Å². The standard InChI is InChI=1S/C24H36N6O2/c1-17(2)14-29(15-18(3)4)24-22(30(31)32)23(25-16-26-24)28-12-10-27(11-13-28)21-9-7-8-19(5)20(21)6/h7-9,16-18H,10-15H2,1-6H3.